The summed E-state index contributed by atoms with van der Waals surface area (Å²) in [6.07, 6.45) is 0.887. The summed E-state index contributed by atoms with van der Waals surface area (Å²) in [5.74, 6) is 0. The molecule has 0 spiro atoms. The molecule has 0 aliphatic heterocycles. The normalized spacial score (nSPS) is 10.3. The fourth-order valence-corrected chi connectivity index (χ4v) is 2.63. The Bertz CT molecular complexity index is 540. The van der Waals surface area contributed by atoms with E-state index in [1.807, 2.05) is 29.1 Å². The molecule has 18 heavy (non-hydrogen) atoms. The van der Waals surface area contributed by atoms with Gasteiger partial charge in [-0.05, 0) is 18.2 Å². The number of thiocarbonyl (C=S) groups is 1. The van der Waals surface area contributed by atoms with Gasteiger partial charge in [0.15, 0.2) is 0 Å². The molecule has 0 amide bonds. The summed E-state index contributed by atoms with van der Waals surface area (Å²) in [6, 6.07) is 5.58. The van der Waals surface area contributed by atoms with E-state index in [1.54, 1.807) is 11.3 Å². The number of nitrogens with two attached hydrogens (primary N) is 1. The Hall–Kier alpha value is -1.17. The zero-order valence-electron chi connectivity index (χ0n) is 9.52. The molecule has 0 radical (unpaired) electrons. The third-order valence-electron chi connectivity index (χ3n) is 2.43. The second kappa shape index (κ2) is 6.13. The first kappa shape index (κ1) is 13.3. The first-order valence-electron chi connectivity index (χ1n) is 5.37. The molecule has 2 rings (SSSR count). The van der Waals surface area contributed by atoms with E-state index in [1.165, 1.54) is 0 Å². The smallest absolute Gasteiger partial charge is 0.105 e. The van der Waals surface area contributed by atoms with Crippen molar-refractivity contribution in [1.82, 2.24) is 4.98 Å². The number of nitrogens with zero attached hydrogens (tertiary/aromatic N) is 1. The molecule has 3 N–H and O–H groups in total. The van der Waals surface area contributed by atoms with Gasteiger partial charge in [-0.15, -0.1) is 11.3 Å². The predicted molar refractivity (Wildman–Crippen MR) is 81.6 cm³/mol. The topological polar surface area (TPSA) is 50.9 Å². The van der Waals surface area contributed by atoms with Crippen LogP contribution in [0.5, 0.6) is 0 Å². The predicted octanol–water partition coefficient (Wildman–Crippen LogP) is 3.09. The van der Waals surface area contributed by atoms with Gasteiger partial charge in [0.05, 0.1) is 16.2 Å². The van der Waals surface area contributed by atoms with Crippen LogP contribution >= 0.6 is 35.2 Å². The van der Waals surface area contributed by atoms with Gasteiger partial charge >= 0.3 is 0 Å². The molecule has 1 aromatic heterocycles. The quantitative estimate of drug-likeness (QED) is 0.833. The van der Waals surface area contributed by atoms with Crippen molar-refractivity contribution in [2.45, 2.75) is 6.42 Å². The van der Waals surface area contributed by atoms with Crippen LogP contribution in [0.1, 0.15) is 11.3 Å². The number of benzene rings is 1. The van der Waals surface area contributed by atoms with Crippen LogP contribution in [0.25, 0.3) is 0 Å². The zero-order chi connectivity index (χ0) is 13.0. The number of hydrogen-bond donors (Lipinski definition) is 2. The Morgan fingerprint density at radius 1 is 1.50 bits per heavy atom. The summed E-state index contributed by atoms with van der Waals surface area (Å²) in [6.45, 7) is 0.812. The van der Waals surface area contributed by atoms with Gasteiger partial charge in [-0.2, -0.15) is 0 Å². The van der Waals surface area contributed by atoms with E-state index >= 15 is 0 Å². The highest BCUT2D eigenvalue weighted by molar-refractivity contribution is 7.80. The summed E-state index contributed by atoms with van der Waals surface area (Å²) in [4.78, 5) is 4.54. The molecule has 1 aromatic carbocycles. The van der Waals surface area contributed by atoms with Crippen LogP contribution in [0.4, 0.5) is 5.69 Å². The Labute approximate surface area is 120 Å². The number of hydrogen-bond acceptors (Lipinski definition) is 4. The average molecular weight is 298 g/mol. The van der Waals surface area contributed by atoms with E-state index in [2.05, 4.69) is 10.3 Å². The van der Waals surface area contributed by atoms with Crippen molar-refractivity contribution in [3.05, 3.63) is 45.4 Å². The minimum Gasteiger partial charge on any atom is -0.389 e. The lowest BCUT2D eigenvalue weighted by atomic mass is 10.2. The monoisotopic (exact) mass is 297 g/mol. The lowest BCUT2D eigenvalue weighted by molar-refractivity contribution is 0.977. The highest BCUT2D eigenvalue weighted by Crippen LogP contribution is 2.20. The Kier molecular flexibility index (Phi) is 4.52. The minimum atomic E-state index is 0.314. The molecule has 0 aliphatic rings. The van der Waals surface area contributed by atoms with E-state index in [4.69, 9.17) is 29.6 Å². The molecule has 0 atom stereocenters. The molecule has 0 aliphatic carbocycles. The largest absolute Gasteiger partial charge is 0.389 e. The van der Waals surface area contributed by atoms with Gasteiger partial charge in [-0.1, -0.05) is 23.8 Å². The van der Waals surface area contributed by atoms with Gasteiger partial charge in [0, 0.05) is 29.6 Å². The summed E-state index contributed by atoms with van der Waals surface area (Å²) >= 11 is 12.6. The second-order valence-corrected chi connectivity index (χ2v) is 5.28. The maximum atomic E-state index is 6.08. The molecule has 0 fully saturated rings. The van der Waals surface area contributed by atoms with E-state index in [0.29, 0.717) is 15.6 Å². The second-order valence-electron chi connectivity index (χ2n) is 3.72. The maximum Gasteiger partial charge on any atom is 0.105 e. The standard InChI is InChI=1S/C12H12ClN3S2/c13-11-5-8(1-2-10(11)12(14)17)15-4-3-9-6-18-7-16-9/h1-2,5-7,15H,3-4H2,(H2,14,17). The molecular weight excluding hydrogens is 286 g/mol. The number of halogens is 1. The van der Waals surface area contributed by atoms with Gasteiger partial charge < -0.3 is 11.1 Å². The van der Waals surface area contributed by atoms with Crippen LogP contribution in [0.2, 0.25) is 5.02 Å². The van der Waals surface area contributed by atoms with Gasteiger partial charge in [0.2, 0.25) is 0 Å². The molecule has 0 saturated heterocycles. The Morgan fingerprint density at radius 2 is 2.33 bits per heavy atom. The third-order valence-corrected chi connectivity index (χ3v) is 3.60. The van der Waals surface area contributed by atoms with Gasteiger partial charge in [-0.3, -0.25) is 0 Å². The van der Waals surface area contributed by atoms with Crippen molar-refractivity contribution in [3.63, 3.8) is 0 Å². The summed E-state index contributed by atoms with van der Waals surface area (Å²) < 4.78 is 0. The number of aromatic nitrogens is 1. The summed E-state index contributed by atoms with van der Waals surface area (Å²) in [5.41, 5.74) is 10.1. The van der Waals surface area contributed by atoms with Crippen molar-refractivity contribution < 1.29 is 0 Å². The molecule has 3 nitrogen and oxygen atoms in total. The molecular formula is C12H12ClN3S2. The average Bonchev–Trinajstić information content (AvgIpc) is 2.81. The zero-order valence-corrected chi connectivity index (χ0v) is 11.9. The lowest BCUT2D eigenvalue weighted by Gasteiger charge is -2.08. The maximum absolute atomic E-state index is 6.08. The van der Waals surface area contributed by atoms with Crippen molar-refractivity contribution in [1.29, 1.82) is 0 Å². The lowest BCUT2D eigenvalue weighted by Crippen LogP contribution is -2.10. The van der Waals surface area contributed by atoms with E-state index in [-0.39, 0.29) is 0 Å². The molecule has 2 aromatic rings. The number of nitrogens with one attached hydrogen (secondary N) is 1. The number of rotatable bonds is 5. The van der Waals surface area contributed by atoms with E-state index in [0.717, 1.165) is 24.3 Å². The van der Waals surface area contributed by atoms with Gasteiger partial charge in [-0.25, -0.2) is 4.98 Å². The van der Waals surface area contributed by atoms with Crippen molar-refractivity contribution in [3.8, 4) is 0 Å². The Balaban J connectivity index is 1.94. The minimum absolute atomic E-state index is 0.314. The van der Waals surface area contributed by atoms with Crippen LogP contribution in [0, 0.1) is 0 Å². The fourth-order valence-electron chi connectivity index (χ4n) is 1.52. The first-order valence-corrected chi connectivity index (χ1v) is 7.10. The van der Waals surface area contributed by atoms with Crippen molar-refractivity contribution >= 4 is 45.8 Å². The van der Waals surface area contributed by atoms with Crippen LogP contribution in [0.3, 0.4) is 0 Å². The van der Waals surface area contributed by atoms with E-state index in [9.17, 15) is 0 Å². The fraction of sp³-hybridized carbons (Fsp3) is 0.167. The Morgan fingerprint density at radius 3 is 2.94 bits per heavy atom. The molecule has 6 heteroatoms. The van der Waals surface area contributed by atoms with Crippen LogP contribution in [0.15, 0.2) is 29.1 Å². The highest BCUT2D eigenvalue weighted by atomic mass is 35.5. The number of thiazole rings is 1. The van der Waals surface area contributed by atoms with Crippen LogP contribution in [-0.4, -0.2) is 16.5 Å². The molecule has 0 bridgehead atoms. The summed E-state index contributed by atoms with van der Waals surface area (Å²) in [7, 11) is 0. The third kappa shape index (κ3) is 3.41. The molecule has 0 saturated carbocycles. The van der Waals surface area contributed by atoms with Crippen LogP contribution < -0.4 is 11.1 Å². The highest BCUT2D eigenvalue weighted by Gasteiger charge is 2.04. The van der Waals surface area contributed by atoms with Gasteiger partial charge in [0.25, 0.3) is 0 Å². The van der Waals surface area contributed by atoms with E-state index < -0.39 is 0 Å². The molecule has 94 valence electrons. The van der Waals surface area contributed by atoms with Crippen LogP contribution in [-0.2, 0) is 6.42 Å². The molecule has 0 unspecified atom stereocenters. The van der Waals surface area contributed by atoms with Crippen molar-refractivity contribution in [2.75, 3.05) is 11.9 Å². The summed E-state index contributed by atoms with van der Waals surface area (Å²) in [5, 5.41) is 5.90. The first-order chi connectivity index (χ1) is 8.66. The SMILES string of the molecule is NC(=S)c1ccc(NCCc2cscn2)cc1Cl. The molecule has 1 heterocycles. The number of anilines is 1. The van der Waals surface area contributed by atoms with Crippen molar-refractivity contribution in [2.24, 2.45) is 5.73 Å². The van der Waals surface area contributed by atoms with Gasteiger partial charge in [0.1, 0.15) is 4.99 Å².